The molecule has 0 atom stereocenters. The normalized spacial score (nSPS) is 17.9. The summed E-state index contributed by atoms with van der Waals surface area (Å²) in [6.45, 7) is 0.995. The van der Waals surface area contributed by atoms with Gasteiger partial charge in [-0.2, -0.15) is 24.9 Å². The number of rotatable bonds is 5. The van der Waals surface area contributed by atoms with Crippen molar-refractivity contribution in [3.05, 3.63) is 35.1 Å². The van der Waals surface area contributed by atoms with Gasteiger partial charge in [-0.1, -0.05) is 6.42 Å². The highest BCUT2D eigenvalue weighted by Crippen LogP contribution is 2.42. The highest BCUT2D eigenvalue weighted by atomic mass is 32.2. The molecule has 112 valence electrons. The molecule has 0 unspecified atom stereocenters. The third kappa shape index (κ3) is 3.67. The number of thioether (sulfide) groups is 1. The highest BCUT2D eigenvalue weighted by Gasteiger charge is 2.35. The van der Waals surface area contributed by atoms with E-state index in [1.807, 2.05) is 6.26 Å². The molecule has 1 aliphatic rings. The summed E-state index contributed by atoms with van der Waals surface area (Å²) in [6, 6.07) is 2.68. The van der Waals surface area contributed by atoms with Gasteiger partial charge >= 0.3 is 6.18 Å². The third-order valence-corrected chi connectivity index (χ3v) is 5.18. The third-order valence-electron chi connectivity index (χ3n) is 3.76. The summed E-state index contributed by atoms with van der Waals surface area (Å²) in [5.41, 5.74) is -0.606. The predicted octanol–water partition coefficient (Wildman–Crippen LogP) is 4.22. The van der Waals surface area contributed by atoms with Crippen LogP contribution in [-0.4, -0.2) is 17.5 Å². The van der Waals surface area contributed by atoms with Crippen molar-refractivity contribution >= 4 is 11.8 Å². The Labute approximate surface area is 120 Å². The molecule has 0 aromatic heterocycles. The molecule has 0 saturated heterocycles. The Morgan fingerprint density at radius 1 is 1.25 bits per heavy atom. The van der Waals surface area contributed by atoms with E-state index < -0.39 is 17.6 Å². The van der Waals surface area contributed by atoms with Gasteiger partial charge < -0.3 is 5.32 Å². The Morgan fingerprint density at radius 3 is 2.45 bits per heavy atom. The van der Waals surface area contributed by atoms with Gasteiger partial charge in [-0.25, -0.2) is 4.39 Å². The molecule has 1 aromatic rings. The van der Waals surface area contributed by atoms with Crippen LogP contribution in [0, 0.1) is 5.82 Å². The topological polar surface area (TPSA) is 12.0 Å². The van der Waals surface area contributed by atoms with Gasteiger partial charge in [0.1, 0.15) is 5.82 Å². The van der Waals surface area contributed by atoms with Crippen LogP contribution in [0.2, 0.25) is 0 Å². The second-order valence-corrected chi connectivity index (χ2v) is 6.46. The molecule has 1 nitrogen and oxygen atoms in total. The quantitative estimate of drug-likeness (QED) is 0.817. The van der Waals surface area contributed by atoms with Gasteiger partial charge in [0.05, 0.1) is 5.56 Å². The van der Waals surface area contributed by atoms with Crippen molar-refractivity contribution in [2.75, 3.05) is 12.8 Å². The summed E-state index contributed by atoms with van der Waals surface area (Å²) in [6.07, 6.45) is 0.979. The van der Waals surface area contributed by atoms with Crippen molar-refractivity contribution in [1.82, 2.24) is 5.32 Å². The molecule has 1 fully saturated rings. The molecule has 1 N–H and O–H groups in total. The average Bonchev–Trinajstić information content (AvgIpc) is 2.31. The first-order chi connectivity index (χ1) is 9.35. The number of alkyl halides is 3. The van der Waals surface area contributed by atoms with Crippen LogP contribution < -0.4 is 5.32 Å². The molecule has 0 spiro atoms. The molecule has 6 heteroatoms. The lowest BCUT2D eigenvalue weighted by molar-refractivity contribution is -0.137. The smallest absolute Gasteiger partial charge is 0.311 e. The van der Waals surface area contributed by atoms with Gasteiger partial charge in [-0.05, 0) is 42.9 Å². The van der Waals surface area contributed by atoms with E-state index in [0.717, 1.165) is 31.5 Å². The summed E-state index contributed by atoms with van der Waals surface area (Å²) in [7, 11) is 0. The van der Waals surface area contributed by atoms with E-state index in [0.29, 0.717) is 11.6 Å². The van der Waals surface area contributed by atoms with Crippen LogP contribution in [0.1, 0.15) is 30.4 Å². The fourth-order valence-corrected chi connectivity index (χ4v) is 3.32. The van der Waals surface area contributed by atoms with Crippen molar-refractivity contribution in [2.24, 2.45) is 0 Å². The molecular formula is C14H17F4NS. The molecule has 0 bridgehead atoms. The number of halogens is 4. The summed E-state index contributed by atoms with van der Waals surface area (Å²) in [4.78, 5) is 0. The van der Waals surface area contributed by atoms with Crippen LogP contribution in [0.25, 0.3) is 0 Å². The maximum absolute atomic E-state index is 13.2. The van der Waals surface area contributed by atoms with Crippen molar-refractivity contribution in [3.63, 3.8) is 0 Å². The van der Waals surface area contributed by atoms with Gasteiger partial charge in [-0.15, -0.1) is 0 Å². The molecular weight excluding hydrogens is 290 g/mol. The largest absolute Gasteiger partial charge is 0.416 e. The first-order valence-corrected chi connectivity index (χ1v) is 7.70. The van der Waals surface area contributed by atoms with Crippen LogP contribution in [0.5, 0.6) is 0 Å². The zero-order valence-corrected chi connectivity index (χ0v) is 12.0. The van der Waals surface area contributed by atoms with Crippen LogP contribution in [-0.2, 0) is 12.7 Å². The fraction of sp³-hybridized carbons (Fsp3) is 0.571. The van der Waals surface area contributed by atoms with Gasteiger partial charge in [0.2, 0.25) is 0 Å². The molecule has 0 heterocycles. The Hall–Kier alpha value is -0.750. The monoisotopic (exact) mass is 307 g/mol. The van der Waals surface area contributed by atoms with Gasteiger partial charge in [0.15, 0.2) is 0 Å². The molecule has 1 saturated carbocycles. The zero-order chi connectivity index (χ0) is 14.8. The second-order valence-electron chi connectivity index (χ2n) is 5.19. The molecule has 20 heavy (non-hydrogen) atoms. The minimum Gasteiger partial charge on any atom is -0.311 e. The lowest BCUT2D eigenvalue weighted by atomic mass is 9.84. The van der Waals surface area contributed by atoms with Gasteiger partial charge in [0, 0.05) is 17.8 Å². The van der Waals surface area contributed by atoms with Crippen molar-refractivity contribution < 1.29 is 17.6 Å². The first kappa shape index (κ1) is 15.6. The zero-order valence-electron chi connectivity index (χ0n) is 11.2. The van der Waals surface area contributed by atoms with Crippen molar-refractivity contribution in [3.8, 4) is 0 Å². The standard InChI is InChI=1S/C14H17F4NS/c1-20-13(3-2-4-13)9-19-8-10-5-11(14(16,17)18)7-12(15)6-10/h5-7,19H,2-4,8-9H2,1H3. The maximum atomic E-state index is 13.2. The highest BCUT2D eigenvalue weighted by molar-refractivity contribution is 8.00. The lowest BCUT2D eigenvalue weighted by Gasteiger charge is -2.40. The average molecular weight is 307 g/mol. The SMILES string of the molecule is CSC1(CNCc2cc(F)cc(C(F)(F)F)c2)CCC1. The molecule has 2 rings (SSSR count). The van der Waals surface area contributed by atoms with Crippen LogP contribution in [0.3, 0.4) is 0 Å². The molecule has 0 amide bonds. The summed E-state index contributed by atoms with van der Waals surface area (Å²) >= 11 is 1.79. The minimum absolute atomic E-state index is 0.209. The van der Waals surface area contributed by atoms with E-state index in [9.17, 15) is 17.6 Å². The van der Waals surface area contributed by atoms with Crippen LogP contribution >= 0.6 is 11.8 Å². The lowest BCUT2D eigenvalue weighted by Crippen LogP contribution is -2.43. The van der Waals surface area contributed by atoms with Crippen LogP contribution in [0.15, 0.2) is 18.2 Å². The predicted molar refractivity (Wildman–Crippen MR) is 73.2 cm³/mol. The Morgan fingerprint density at radius 2 is 1.95 bits per heavy atom. The maximum Gasteiger partial charge on any atom is 0.416 e. The Balaban J connectivity index is 1.97. The van der Waals surface area contributed by atoms with Gasteiger partial charge in [0.25, 0.3) is 0 Å². The van der Waals surface area contributed by atoms with E-state index in [4.69, 9.17) is 0 Å². The van der Waals surface area contributed by atoms with Crippen molar-refractivity contribution in [2.45, 2.75) is 36.7 Å². The fourth-order valence-electron chi connectivity index (χ4n) is 2.37. The van der Waals surface area contributed by atoms with E-state index in [2.05, 4.69) is 5.32 Å². The molecule has 1 aromatic carbocycles. The van der Waals surface area contributed by atoms with Gasteiger partial charge in [-0.3, -0.25) is 0 Å². The summed E-state index contributed by atoms with van der Waals surface area (Å²) in [5.74, 6) is -0.847. The number of hydrogen-bond donors (Lipinski definition) is 1. The summed E-state index contributed by atoms with van der Waals surface area (Å²) < 4.78 is 51.2. The van der Waals surface area contributed by atoms with E-state index in [-0.39, 0.29) is 11.3 Å². The second kappa shape index (κ2) is 5.93. The van der Waals surface area contributed by atoms with E-state index in [1.54, 1.807) is 11.8 Å². The minimum atomic E-state index is -4.51. The Bertz CT molecular complexity index is 463. The van der Waals surface area contributed by atoms with E-state index >= 15 is 0 Å². The first-order valence-electron chi connectivity index (χ1n) is 6.47. The summed E-state index contributed by atoms with van der Waals surface area (Å²) in [5, 5.41) is 3.15. The molecule has 0 aliphatic heterocycles. The molecule has 1 aliphatic carbocycles. The number of hydrogen-bond acceptors (Lipinski definition) is 2. The Kier molecular flexibility index (Phi) is 4.64. The number of nitrogens with one attached hydrogen (secondary N) is 1. The van der Waals surface area contributed by atoms with Crippen LogP contribution in [0.4, 0.5) is 17.6 Å². The number of benzene rings is 1. The molecule has 0 radical (unpaired) electrons. The van der Waals surface area contributed by atoms with E-state index in [1.165, 1.54) is 6.42 Å². The van der Waals surface area contributed by atoms with Crippen molar-refractivity contribution in [1.29, 1.82) is 0 Å².